The zero-order valence-corrected chi connectivity index (χ0v) is 20.3. The van der Waals surface area contributed by atoms with Crippen LogP contribution in [0.4, 0.5) is 5.82 Å². The van der Waals surface area contributed by atoms with Crippen molar-refractivity contribution < 1.29 is 14.3 Å². The Labute approximate surface area is 206 Å². The number of benzene rings is 2. The summed E-state index contributed by atoms with van der Waals surface area (Å²) < 4.78 is 11.3. The van der Waals surface area contributed by atoms with Crippen LogP contribution in [0.2, 0.25) is 0 Å². The van der Waals surface area contributed by atoms with E-state index in [9.17, 15) is 4.79 Å². The van der Waals surface area contributed by atoms with Crippen molar-refractivity contribution in [1.82, 2.24) is 15.6 Å². The summed E-state index contributed by atoms with van der Waals surface area (Å²) in [4.78, 5) is 18.4. The number of carbonyl (C=O) groups excluding carboxylic acids is 1. The second-order valence-corrected chi connectivity index (χ2v) is 8.93. The fourth-order valence-electron chi connectivity index (χ4n) is 4.70. The molecule has 0 saturated carbocycles. The number of H-pyrrole nitrogens is 1. The number of carbonyl (C=O) groups is 1. The normalized spacial score (nSPS) is 14.0. The quantitative estimate of drug-likeness (QED) is 0.399. The Balaban J connectivity index is 1.37. The minimum atomic E-state index is -0.0277. The van der Waals surface area contributed by atoms with Gasteiger partial charge in [0.1, 0.15) is 5.82 Å². The molecule has 0 saturated heterocycles. The van der Waals surface area contributed by atoms with Crippen LogP contribution in [0.3, 0.4) is 0 Å². The molecule has 5 rings (SSSR count). The number of para-hydroxylation sites is 1. The molecule has 1 amide bonds. The number of nitrogens with zero attached hydrogens (tertiary/aromatic N) is 1. The largest absolute Gasteiger partial charge is 0.454 e. The van der Waals surface area contributed by atoms with E-state index in [-0.39, 0.29) is 12.7 Å². The van der Waals surface area contributed by atoms with Gasteiger partial charge in [-0.2, -0.15) is 0 Å². The van der Waals surface area contributed by atoms with E-state index in [0.29, 0.717) is 12.1 Å². The Morgan fingerprint density at radius 2 is 1.94 bits per heavy atom. The highest BCUT2D eigenvalue weighted by Crippen LogP contribution is 2.45. The fourth-order valence-corrected chi connectivity index (χ4v) is 4.70. The molecule has 2 aliphatic heterocycles. The van der Waals surface area contributed by atoms with Gasteiger partial charge < -0.3 is 30.0 Å². The SMILES string of the molecule is CCNCCCCNC(=O)c1cccc(C2=Cc3c(-c4cccc5c4OCO5)c[nH]c3N(C)C2)c1. The Morgan fingerprint density at radius 3 is 2.83 bits per heavy atom. The maximum atomic E-state index is 12.8. The molecule has 3 N–H and O–H groups in total. The molecule has 35 heavy (non-hydrogen) atoms. The third-order valence-corrected chi connectivity index (χ3v) is 6.50. The minimum absolute atomic E-state index is 0.0277. The van der Waals surface area contributed by atoms with Gasteiger partial charge in [-0.25, -0.2) is 0 Å². The Bertz CT molecular complexity index is 1250. The zero-order valence-electron chi connectivity index (χ0n) is 20.3. The second-order valence-electron chi connectivity index (χ2n) is 8.93. The molecule has 0 aliphatic carbocycles. The number of unbranched alkanes of at least 4 members (excludes halogenated alkanes) is 1. The maximum Gasteiger partial charge on any atom is 0.251 e. The van der Waals surface area contributed by atoms with E-state index in [2.05, 4.69) is 52.7 Å². The number of nitrogens with one attached hydrogen (secondary N) is 3. The van der Waals surface area contributed by atoms with Crippen LogP contribution in [0.1, 0.15) is 41.3 Å². The summed E-state index contributed by atoms with van der Waals surface area (Å²) in [5.41, 5.74) is 6.07. The summed E-state index contributed by atoms with van der Waals surface area (Å²) in [5, 5.41) is 6.36. The highest BCUT2D eigenvalue weighted by molar-refractivity contribution is 5.99. The number of hydrogen-bond donors (Lipinski definition) is 3. The molecule has 0 bridgehead atoms. The molecule has 182 valence electrons. The number of amides is 1. The zero-order chi connectivity index (χ0) is 24.2. The summed E-state index contributed by atoms with van der Waals surface area (Å²) in [6, 6.07) is 13.9. The molecule has 0 spiro atoms. The standard InChI is InChI=1S/C28H32N4O3/c1-3-29-12-4-5-13-30-28(33)20-9-6-8-19(14-20)21-15-23-24(16-31-27(23)32(2)17-21)22-10-7-11-25-26(22)35-18-34-25/h6-11,14-16,29,31H,3-5,12-13,17-18H2,1-2H3,(H,30,33). The lowest BCUT2D eigenvalue weighted by Gasteiger charge is -2.26. The molecule has 0 atom stereocenters. The van der Waals surface area contributed by atoms with E-state index in [4.69, 9.17) is 9.47 Å². The smallest absolute Gasteiger partial charge is 0.251 e. The molecular formula is C28H32N4O3. The molecule has 3 aromatic rings. The average molecular weight is 473 g/mol. The van der Waals surface area contributed by atoms with E-state index in [0.717, 1.165) is 77.6 Å². The lowest BCUT2D eigenvalue weighted by molar-refractivity contribution is 0.0953. The molecule has 2 aliphatic rings. The molecule has 0 unspecified atom stereocenters. The van der Waals surface area contributed by atoms with Gasteiger partial charge in [-0.15, -0.1) is 0 Å². The van der Waals surface area contributed by atoms with Gasteiger partial charge in [0.05, 0.1) is 0 Å². The molecule has 1 aromatic heterocycles. The predicted octanol–water partition coefficient (Wildman–Crippen LogP) is 4.52. The van der Waals surface area contributed by atoms with Crippen molar-refractivity contribution in [3.63, 3.8) is 0 Å². The van der Waals surface area contributed by atoms with Crippen LogP contribution < -0.4 is 25.0 Å². The van der Waals surface area contributed by atoms with Crippen LogP contribution >= 0.6 is 0 Å². The molecule has 7 nitrogen and oxygen atoms in total. The van der Waals surface area contributed by atoms with Crippen LogP contribution in [-0.2, 0) is 0 Å². The van der Waals surface area contributed by atoms with Crippen molar-refractivity contribution in [1.29, 1.82) is 0 Å². The highest BCUT2D eigenvalue weighted by atomic mass is 16.7. The van der Waals surface area contributed by atoms with Gasteiger partial charge in [-0.1, -0.05) is 31.2 Å². The lowest BCUT2D eigenvalue weighted by atomic mass is 9.94. The number of hydrogen-bond acceptors (Lipinski definition) is 5. The van der Waals surface area contributed by atoms with Crippen LogP contribution in [0.15, 0.2) is 48.7 Å². The van der Waals surface area contributed by atoms with Crippen LogP contribution in [-0.4, -0.2) is 50.9 Å². The van der Waals surface area contributed by atoms with Gasteiger partial charge in [0.15, 0.2) is 11.5 Å². The summed E-state index contributed by atoms with van der Waals surface area (Å²) in [5.74, 6) is 2.58. The van der Waals surface area contributed by atoms with E-state index in [1.807, 2.05) is 36.5 Å². The van der Waals surface area contributed by atoms with E-state index in [1.54, 1.807) is 0 Å². The van der Waals surface area contributed by atoms with E-state index in [1.165, 1.54) is 0 Å². The topological polar surface area (TPSA) is 78.6 Å². The van der Waals surface area contributed by atoms with E-state index >= 15 is 0 Å². The van der Waals surface area contributed by atoms with Gasteiger partial charge in [-0.3, -0.25) is 4.79 Å². The number of aromatic nitrogens is 1. The minimum Gasteiger partial charge on any atom is -0.454 e. The second kappa shape index (κ2) is 10.3. The average Bonchev–Trinajstić information content (AvgIpc) is 3.53. The molecule has 2 aromatic carbocycles. The third-order valence-electron chi connectivity index (χ3n) is 6.50. The van der Waals surface area contributed by atoms with Crippen LogP contribution in [0, 0.1) is 0 Å². The third kappa shape index (κ3) is 4.77. The Hall–Kier alpha value is -3.71. The number of ether oxygens (including phenoxy) is 2. The predicted molar refractivity (Wildman–Crippen MR) is 140 cm³/mol. The van der Waals surface area contributed by atoms with Gasteiger partial charge in [0, 0.05) is 48.6 Å². The summed E-state index contributed by atoms with van der Waals surface area (Å²) >= 11 is 0. The van der Waals surface area contributed by atoms with Gasteiger partial charge in [-0.05, 0) is 61.3 Å². The lowest BCUT2D eigenvalue weighted by Crippen LogP contribution is -2.26. The first-order chi connectivity index (χ1) is 17.2. The van der Waals surface area contributed by atoms with Gasteiger partial charge in [0.2, 0.25) is 6.79 Å². The van der Waals surface area contributed by atoms with E-state index < -0.39 is 0 Å². The summed E-state index contributed by atoms with van der Waals surface area (Å²) in [7, 11) is 2.07. The van der Waals surface area contributed by atoms with Gasteiger partial charge >= 0.3 is 0 Å². The van der Waals surface area contributed by atoms with Crippen molar-refractivity contribution in [2.75, 3.05) is 44.9 Å². The van der Waals surface area contributed by atoms with Crippen molar-refractivity contribution in [3.8, 4) is 22.6 Å². The molecule has 0 radical (unpaired) electrons. The summed E-state index contributed by atoms with van der Waals surface area (Å²) in [6.45, 7) is 5.73. The first kappa shape index (κ1) is 23.1. The molecule has 3 heterocycles. The Morgan fingerprint density at radius 1 is 1.09 bits per heavy atom. The number of likely N-dealkylation sites (N-methyl/N-ethyl adjacent to an activating group) is 1. The first-order valence-electron chi connectivity index (χ1n) is 12.3. The Kier molecular flexibility index (Phi) is 6.77. The van der Waals surface area contributed by atoms with Crippen molar-refractivity contribution in [2.45, 2.75) is 19.8 Å². The number of rotatable bonds is 9. The van der Waals surface area contributed by atoms with Crippen molar-refractivity contribution >= 4 is 23.4 Å². The fraction of sp³-hybridized carbons (Fsp3) is 0.321. The number of aromatic amines is 1. The number of anilines is 1. The highest BCUT2D eigenvalue weighted by Gasteiger charge is 2.25. The first-order valence-corrected chi connectivity index (χ1v) is 12.3. The number of fused-ring (bicyclic) bond motifs is 2. The van der Waals surface area contributed by atoms with Crippen LogP contribution in [0.5, 0.6) is 11.5 Å². The molecular weight excluding hydrogens is 440 g/mol. The maximum absolute atomic E-state index is 12.8. The molecule has 0 fully saturated rings. The summed E-state index contributed by atoms with van der Waals surface area (Å²) in [6.07, 6.45) is 6.26. The molecule has 7 heteroatoms. The van der Waals surface area contributed by atoms with Crippen LogP contribution in [0.25, 0.3) is 22.8 Å². The van der Waals surface area contributed by atoms with Gasteiger partial charge in [0.25, 0.3) is 5.91 Å². The van der Waals surface area contributed by atoms with Crippen molar-refractivity contribution in [2.24, 2.45) is 0 Å². The monoisotopic (exact) mass is 472 g/mol. The van der Waals surface area contributed by atoms with Crippen molar-refractivity contribution in [3.05, 3.63) is 65.4 Å².